The standard InChI is InChI=1S/C41H43FN4O5S/c1-26(2)38-37(40(51)44-31-17-19-32(20-18-31)45-41(52)43-25-27-9-5-3-6-10-27)36(28-11-7-4-8-12-28)39(29-13-15-30(42)16-14-29)46(38)22-21-33(47)23-34(48)24-35(49)50/h3-20,26,33-34,47-48H,21-25H2,1-2H3,(H,44,51)(H,49,50)(H2,43,45,52)/t33-,34-/m1/s1. The van der Waals surface area contributed by atoms with Gasteiger partial charge < -0.3 is 35.8 Å². The lowest BCUT2D eigenvalue weighted by atomic mass is 9.94. The Morgan fingerprint density at radius 2 is 1.38 bits per heavy atom. The number of nitrogens with zero attached hydrogens (tertiary/aromatic N) is 1. The van der Waals surface area contributed by atoms with E-state index in [0.29, 0.717) is 45.4 Å². The Morgan fingerprint density at radius 1 is 0.788 bits per heavy atom. The summed E-state index contributed by atoms with van der Waals surface area (Å²) < 4.78 is 16.2. The summed E-state index contributed by atoms with van der Waals surface area (Å²) in [6.45, 7) is 4.78. The number of thiocarbonyl (C=S) groups is 1. The third-order valence-electron chi connectivity index (χ3n) is 8.59. The molecule has 1 amide bonds. The highest BCUT2D eigenvalue weighted by atomic mass is 32.1. The van der Waals surface area contributed by atoms with Gasteiger partial charge in [-0.25, -0.2) is 4.39 Å². The molecule has 0 aliphatic heterocycles. The van der Waals surface area contributed by atoms with Crippen LogP contribution in [-0.2, 0) is 17.9 Å². The molecule has 0 fully saturated rings. The van der Waals surface area contributed by atoms with E-state index >= 15 is 0 Å². The fraction of sp³-hybridized carbons (Fsp3) is 0.244. The Labute approximate surface area is 308 Å². The zero-order valence-corrected chi connectivity index (χ0v) is 29.9. The predicted molar refractivity (Wildman–Crippen MR) is 207 cm³/mol. The number of benzene rings is 4. The molecule has 1 heterocycles. The maximum Gasteiger partial charge on any atom is 0.305 e. The number of hydrogen-bond acceptors (Lipinski definition) is 5. The summed E-state index contributed by atoms with van der Waals surface area (Å²) in [5.41, 5.74) is 6.34. The summed E-state index contributed by atoms with van der Waals surface area (Å²) in [6.07, 6.45) is -2.64. The lowest BCUT2D eigenvalue weighted by molar-refractivity contribution is -0.139. The van der Waals surface area contributed by atoms with E-state index in [1.165, 1.54) is 12.1 Å². The molecule has 1 aromatic heterocycles. The number of amides is 1. The monoisotopic (exact) mass is 722 g/mol. The summed E-state index contributed by atoms with van der Waals surface area (Å²) >= 11 is 5.47. The summed E-state index contributed by atoms with van der Waals surface area (Å²) in [6, 6.07) is 32.7. The molecular formula is C41H43FN4O5S. The number of nitrogens with one attached hydrogen (secondary N) is 3. The molecule has 0 radical (unpaired) electrons. The lowest BCUT2D eigenvalue weighted by Gasteiger charge is -2.20. The molecule has 0 saturated heterocycles. The number of carbonyl (C=O) groups is 2. The highest BCUT2D eigenvalue weighted by molar-refractivity contribution is 7.80. The summed E-state index contributed by atoms with van der Waals surface area (Å²) in [5, 5.41) is 40.0. The third-order valence-corrected chi connectivity index (χ3v) is 8.84. The molecule has 0 saturated carbocycles. The van der Waals surface area contributed by atoms with Crippen molar-refractivity contribution in [3.05, 3.63) is 132 Å². The van der Waals surface area contributed by atoms with E-state index < -0.39 is 30.4 Å². The van der Waals surface area contributed by atoms with Gasteiger partial charge in [0.1, 0.15) is 5.82 Å². The van der Waals surface area contributed by atoms with Crippen molar-refractivity contribution in [2.45, 2.75) is 64.3 Å². The van der Waals surface area contributed by atoms with Gasteiger partial charge in [-0.3, -0.25) is 9.59 Å². The molecule has 6 N–H and O–H groups in total. The summed E-state index contributed by atoms with van der Waals surface area (Å²) in [7, 11) is 0. The molecule has 11 heteroatoms. The molecule has 5 aromatic rings. The van der Waals surface area contributed by atoms with E-state index in [0.717, 1.165) is 16.8 Å². The van der Waals surface area contributed by atoms with Crippen LogP contribution in [0.3, 0.4) is 0 Å². The van der Waals surface area contributed by atoms with Crippen LogP contribution in [0.4, 0.5) is 15.8 Å². The van der Waals surface area contributed by atoms with E-state index in [4.69, 9.17) is 17.3 Å². The number of aliphatic carboxylic acids is 1. The molecule has 0 bridgehead atoms. The zero-order valence-electron chi connectivity index (χ0n) is 29.1. The first-order valence-corrected chi connectivity index (χ1v) is 17.6. The van der Waals surface area contributed by atoms with Gasteiger partial charge in [-0.05, 0) is 96.2 Å². The van der Waals surface area contributed by atoms with Crippen molar-refractivity contribution in [2.24, 2.45) is 0 Å². The van der Waals surface area contributed by atoms with Crippen LogP contribution in [0.15, 0.2) is 109 Å². The smallest absolute Gasteiger partial charge is 0.305 e. The van der Waals surface area contributed by atoms with Crippen LogP contribution in [-0.4, -0.2) is 49.1 Å². The highest BCUT2D eigenvalue weighted by Gasteiger charge is 2.31. The molecular weight excluding hydrogens is 680 g/mol. The van der Waals surface area contributed by atoms with Crippen LogP contribution >= 0.6 is 12.2 Å². The lowest BCUT2D eigenvalue weighted by Crippen LogP contribution is -2.27. The third kappa shape index (κ3) is 9.91. The number of aliphatic hydroxyl groups is 2. The maximum absolute atomic E-state index is 14.5. The number of halogens is 1. The average molecular weight is 723 g/mol. The van der Waals surface area contributed by atoms with Crippen molar-refractivity contribution in [1.82, 2.24) is 9.88 Å². The molecule has 9 nitrogen and oxygen atoms in total. The fourth-order valence-electron chi connectivity index (χ4n) is 6.27. The second kappa shape index (κ2) is 17.7. The van der Waals surface area contributed by atoms with Gasteiger partial charge in [0.15, 0.2) is 5.11 Å². The first kappa shape index (κ1) is 37.9. The Morgan fingerprint density at radius 3 is 1.98 bits per heavy atom. The van der Waals surface area contributed by atoms with Gasteiger partial charge in [-0.2, -0.15) is 0 Å². The maximum atomic E-state index is 14.5. The van der Waals surface area contributed by atoms with Crippen molar-refractivity contribution in [3.8, 4) is 22.4 Å². The average Bonchev–Trinajstić information content (AvgIpc) is 3.47. The zero-order chi connectivity index (χ0) is 37.2. The number of carboxylic acid groups (broad SMARTS) is 1. The number of aliphatic hydroxyl groups excluding tert-OH is 2. The highest BCUT2D eigenvalue weighted by Crippen LogP contribution is 2.42. The Bertz CT molecular complexity index is 1970. The predicted octanol–water partition coefficient (Wildman–Crippen LogP) is 7.80. The molecule has 0 aliphatic carbocycles. The van der Waals surface area contributed by atoms with E-state index in [-0.39, 0.29) is 31.2 Å². The largest absolute Gasteiger partial charge is 0.481 e. The SMILES string of the molecule is CC(C)c1c(C(=O)Nc2ccc(NC(=S)NCc3ccccc3)cc2)c(-c2ccccc2)c(-c2ccc(F)cc2)n1CC[C@@H](O)C[C@@H](O)CC(=O)O. The van der Waals surface area contributed by atoms with Crippen molar-refractivity contribution in [3.63, 3.8) is 0 Å². The van der Waals surface area contributed by atoms with Crippen molar-refractivity contribution < 1.29 is 29.3 Å². The quantitative estimate of drug-likeness (QED) is 0.0603. The number of carbonyl (C=O) groups excluding carboxylic acids is 1. The first-order valence-electron chi connectivity index (χ1n) is 17.2. The van der Waals surface area contributed by atoms with Gasteiger partial charge in [0.2, 0.25) is 0 Å². The minimum atomic E-state index is -1.21. The van der Waals surface area contributed by atoms with Crippen LogP contribution < -0.4 is 16.0 Å². The summed E-state index contributed by atoms with van der Waals surface area (Å²) in [5.74, 6) is -2.07. The molecule has 0 aliphatic rings. The van der Waals surface area contributed by atoms with E-state index in [1.807, 2.05) is 91.2 Å². The second-order valence-electron chi connectivity index (χ2n) is 12.9. The molecule has 0 unspecified atom stereocenters. The van der Waals surface area contributed by atoms with Crippen LogP contribution in [0.2, 0.25) is 0 Å². The number of aromatic nitrogens is 1. The fourth-order valence-corrected chi connectivity index (χ4v) is 6.46. The number of anilines is 2. The van der Waals surface area contributed by atoms with Crippen LogP contribution in [0.25, 0.3) is 22.4 Å². The van der Waals surface area contributed by atoms with E-state index in [2.05, 4.69) is 16.0 Å². The van der Waals surface area contributed by atoms with Crippen molar-refractivity contribution in [1.29, 1.82) is 0 Å². The molecule has 5 rings (SSSR count). The molecule has 4 aromatic carbocycles. The van der Waals surface area contributed by atoms with Crippen LogP contribution in [0.5, 0.6) is 0 Å². The van der Waals surface area contributed by atoms with Gasteiger partial charge in [-0.15, -0.1) is 0 Å². The van der Waals surface area contributed by atoms with Gasteiger partial charge in [-0.1, -0.05) is 74.5 Å². The van der Waals surface area contributed by atoms with Gasteiger partial charge >= 0.3 is 5.97 Å². The van der Waals surface area contributed by atoms with Gasteiger partial charge in [0.05, 0.1) is 29.9 Å². The molecule has 52 heavy (non-hydrogen) atoms. The molecule has 270 valence electrons. The van der Waals surface area contributed by atoms with E-state index in [9.17, 15) is 24.2 Å². The summed E-state index contributed by atoms with van der Waals surface area (Å²) in [4.78, 5) is 25.6. The normalized spacial score (nSPS) is 12.3. The van der Waals surface area contributed by atoms with Gasteiger partial charge in [0, 0.05) is 35.7 Å². The Kier molecular flexibility index (Phi) is 12.9. The van der Waals surface area contributed by atoms with Gasteiger partial charge in [0.25, 0.3) is 5.91 Å². The van der Waals surface area contributed by atoms with E-state index in [1.54, 1.807) is 24.3 Å². The Balaban J connectivity index is 1.48. The Hall–Kier alpha value is -5.36. The van der Waals surface area contributed by atoms with Crippen LogP contribution in [0, 0.1) is 5.82 Å². The molecule has 0 spiro atoms. The van der Waals surface area contributed by atoms with Crippen molar-refractivity contribution in [2.75, 3.05) is 10.6 Å². The number of rotatable bonds is 15. The second-order valence-corrected chi connectivity index (χ2v) is 13.3. The first-order chi connectivity index (χ1) is 25.0. The minimum absolute atomic E-state index is 0.117. The molecule has 2 atom stereocenters. The topological polar surface area (TPSA) is 136 Å². The minimum Gasteiger partial charge on any atom is -0.481 e. The van der Waals surface area contributed by atoms with Crippen LogP contribution in [0.1, 0.15) is 60.6 Å². The number of hydrogen-bond donors (Lipinski definition) is 6. The number of carboxylic acids is 1. The van der Waals surface area contributed by atoms with Crippen molar-refractivity contribution >= 4 is 40.6 Å².